The number of amides is 2. The highest BCUT2D eigenvalue weighted by Gasteiger charge is 2.48. The van der Waals surface area contributed by atoms with Gasteiger partial charge in [0.2, 0.25) is 5.91 Å². The van der Waals surface area contributed by atoms with Gasteiger partial charge < -0.3 is 19.2 Å². The maximum absolute atomic E-state index is 13.8. The van der Waals surface area contributed by atoms with Crippen LogP contribution in [-0.4, -0.2) is 32.9 Å². The van der Waals surface area contributed by atoms with E-state index in [1.807, 2.05) is 60.0 Å². The van der Waals surface area contributed by atoms with Gasteiger partial charge in [-0.25, -0.2) is 0 Å². The molecule has 0 radical (unpaired) electrons. The normalized spacial score (nSPS) is 21.1. The lowest BCUT2D eigenvalue weighted by atomic mass is 9.93. The molecule has 1 saturated carbocycles. The molecule has 2 amide bonds. The third kappa shape index (κ3) is 3.58. The average molecular weight is 496 g/mol. The molecule has 32 heavy (non-hydrogen) atoms. The molecule has 0 unspecified atom stereocenters. The predicted molar refractivity (Wildman–Crippen MR) is 125 cm³/mol. The van der Waals surface area contributed by atoms with Gasteiger partial charge in [-0.05, 0) is 55.7 Å². The number of carbonyl (C=O) groups is 2. The summed E-state index contributed by atoms with van der Waals surface area (Å²) < 4.78 is 8.44. The second kappa shape index (κ2) is 8.28. The highest BCUT2D eigenvalue weighted by Crippen LogP contribution is 2.35. The number of hydrogen-bond donors (Lipinski definition) is 1. The number of hydrogen-bond acceptors (Lipinski definition) is 3. The Morgan fingerprint density at radius 2 is 1.88 bits per heavy atom. The van der Waals surface area contributed by atoms with Gasteiger partial charge in [-0.1, -0.05) is 47.0 Å². The first-order valence-electron chi connectivity index (χ1n) is 11.1. The minimum absolute atomic E-state index is 0.102. The van der Waals surface area contributed by atoms with E-state index < -0.39 is 5.54 Å². The number of carbonyl (C=O) groups excluding carboxylic acids is 2. The molecule has 1 aromatic carbocycles. The molecule has 0 spiro atoms. The summed E-state index contributed by atoms with van der Waals surface area (Å²) in [6, 6.07) is 15.4. The number of nitrogens with one attached hydrogen (secondary N) is 1. The molecule has 1 aliphatic carbocycles. The fourth-order valence-electron chi connectivity index (χ4n) is 4.87. The van der Waals surface area contributed by atoms with Gasteiger partial charge in [0, 0.05) is 17.1 Å². The van der Waals surface area contributed by atoms with Crippen molar-refractivity contribution in [3.8, 4) is 11.5 Å². The van der Waals surface area contributed by atoms with E-state index in [1.165, 1.54) is 0 Å². The van der Waals surface area contributed by atoms with E-state index in [4.69, 9.17) is 4.42 Å². The first kappa shape index (κ1) is 21.1. The summed E-state index contributed by atoms with van der Waals surface area (Å²) in [5.41, 5.74) is 1.29. The van der Waals surface area contributed by atoms with Crippen LogP contribution in [-0.2, 0) is 17.9 Å². The standard InChI is InChI=1S/C25H26BrN3O3/c1-25(24(31)27-18-8-3-4-9-18)16-28-20(22-11-6-14-32-22)12-13-21(28)23(30)29(25)15-17-7-2-5-10-19(17)26/h2,5-7,10-14,18H,3-4,8-9,15-16H2,1H3,(H,27,31)/t25-/m1/s1. The molecule has 1 N–H and O–H groups in total. The van der Waals surface area contributed by atoms with Gasteiger partial charge in [-0.3, -0.25) is 9.59 Å². The quantitative estimate of drug-likeness (QED) is 0.542. The molecule has 6 nitrogen and oxygen atoms in total. The van der Waals surface area contributed by atoms with Crippen molar-refractivity contribution in [2.24, 2.45) is 0 Å². The van der Waals surface area contributed by atoms with Crippen LogP contribution in [0.1, 0.15) is 48.7 Å². The van der Waals surface area contributed by atoms with Gasteiger partial charge in [0.15, 0.2) is 0 Å². The molecule has 5 rings (SSSR count). The van der Waals surface area contributed by atoms with Crippen LogP contribution in [0.25, 0.3) is 11.5 Å². The minimum Gasteiger partial charge on any atom is -0.463 e. The number of halogens is 1. The van der Waals surface area contributed by atoms with Gasteiger partial charge >= 0.3 is 0 Å². The summed E-state index contributed by atoms with van der Waals surface area (Å²) in [6.45, 7) is 2.58. The van der Waals surface area contributed by atoms with Gasteiger partial charge in [0.25, 0.3) is 5.91 Å². The van der Waals surface area contributed by atoms with Crippen molar-refractivity contribution in [3.05, 3.63) is 70.5 Å². The van der Waals surface area contributed by atoms with Crippen LogP contribution >= 0.6 is 15.9 Å². The van der Waals surface area contributed by atoms with Crippen LogP contribution in [0, 0.1) is 0 Å². The number of furan rings is 1. The highest BCUT2D eigenvalue weighted by molar-refractivity contribution is 9.10. The molecule has 3 heterocycles. The third-order valence-electron chi connectivity index (χ3n) is 6.75. The highest BCUT2D eigenvalue weighted by atomic mass is 79.9. The Kier molecular flexibility index (Phi) is 5.45. The molecule has 1 atom stereocenters. The lowest BCUT2D eigenvalue weighted by Gasteiger charge is -2.44. The second-order valence-corrected chi connectivity index (χ2v) is 9.73. The SMILES string of the molecule is C[C@]1(C(=O)NC2CCCC2)Cn2c(ccc2-c2ccco2)C(=O)N1Cc1ccccc1Br. The zero-order chi connectivity index (χ0) is 22.3. The van der Waals surface area contributed by atoms with E-state index in [-0.39, 0.29) is 17.9 Å². The summed E-state index contributed by atoms with van der Waals surface area (Å²) >= 11 is 3.59. The Balaban J connectivity index is 1.56. The lowest BCUT2D eigenvalue weighted by Crippen LogP contribution is -2.64. The van der Waals surface area contributed by atoms with Crippen LogP contribution < -0.4 is 5.32 Å². The molecule has 0 saturated heterocycles. The maximum atomic E-state index is 13.8. The van der Waals surface area contributed by atoms with E-state index in [1.54, 1.807) is 11.2 Å². The summed E-state index contributed by atoms with van der Waals surface area (Å²) in [6.07, 6.45) is 5.86. The van der Waals surface area contributed by atoms with Crippen molar-refractivity contribution in [1.29, 1.82) is 0 Å². The molecule has 0 bridgehead atoms. The van der Waals surface area contributed by atoms with Crippen molar-refractivity contribution < 1.29 is 14.0 Å². The van der Waals surface area contributed by atoms with E-state index >= 15 is 0 Å². The van der Waals surface area contributed by atoms with E-state index in [0.29, 0.717) is 24.5 Å². The van der Waals surface area contributed by atoms with Crippen molar-refractivity contribution in [2.75, 3.05) is 0 Å². The molecular formula is C25H26BrN3O3. The summed E-state index contributed by atoms with van der Waals surface area (Å²) in [4.78, 5) is 29.2. The number of benzene rings is 1. The molecule has 3 aromatic rings. The average Bonchev–Trinajstić information content (AvgIpc) is 3.54. The van der Waals surface area contributed by atoms with Crippen molar-refractivity contribution in [2.45, 2.75) is 57.3 Å². The monoisotopic (exact) mass is 495 g/mol. The number of fused-ring (bicyclic) bond motifs is 1. The molecule has 1 fully saturated rings. The Bertz CT molecular complexity index is 1150. The lowest BCUT2D eigenvalue weighted by molar-refractivity contribution is -0.133. The van der Waals surface area contributed by atoms with Crippen molar-refractivity contribution in [1.82, 2.24) is 14.8 Å². The van der Waals surface area contributed by atoms with Crippen LogP contribution in [0.5, 0.6) is 0 Å². The third-order valence-corrected chi connectivity index (χ3v) is 7.52. The number of rotatable bonds is 5. The summed E-state index contributed by atoms with van der Waals surface area (Å²) in [5, 5.41) is 3.24. The Labute approximate surface area is 195 Å². The second-order valence-electron chi connectivity index (χ2n) is 8.88. The molecule has 2 aromatic heterocycles. The summed E-state index contributed by atoms with van der Waals surface area (Å²) in [7, 11) is 0. The topological polar surface area (TPSA) is 67.5 Å². The molecule has 166 valence electrons. The van der Waals surface area contributed by atoms with E-state index in [0.717, 1.165) is 41.4 Å². The van der Waals surface area contributed by atoms with Gasteiger partial charge in [-0.15, -0.1) is 0 Å². The predicted octanol–water partition coefficient (Wildman–Crippen LogP) is 4.98. The fraction of sp³-hybridized carbons (Fsp3) is 0.360. The van der Waals surface area contributed by atoms with E-state index in [2.05, 4.69) is 21.2 Å². The van der Waals surface area contributed by atoms with Crippen LogP contribution in [0.4, 0.5) is 0 Å². The number of aromatic nitrogens is 1. The summed E-state index contributed by atoms with van der Waals surface area (Å²) in [5.74, 6) is 0.422. The Morgan fingerprint density at radius 3 is 2.59 bits per heavy atom. The van der Waals surface area contributed by atoms with Crippen LogP contribution in [0.15, 0.2) is 63.7 Å². The first-order valence-corrected chi connectivity index (χ1v) is 11.9. The van der Waals surface area contributed by atoms with Gasteiger partial charge in [0.1, 0.15) is 17.0 Å². The zero-order valence-electron chi connectivity index (χ0n) is 18.0. The minimum atomic E-state index is -1.04. The smallest absolute Gasteiger partial charge is 0.271 e. The maximum Gasteiger partial charge on any atom is 0.271 e. The van der Waals surface area contributed by atoms with Gasteiger partial charge in [-0.2, -0.15) is 0 Å². The van der Waals surface area contributed by atoms with Crippen LogP contribution in [0.3, 0.4) is 0 Å². The number of nitrogens with zero attached hydrogens (tertiary/aromatic N) is 2. The molecular weight excluding hydrogens is 470 g/mol. The van der Waals surface area contributed by atoms with Crippen molar-refractivity contribution >= 4 is 27.7 Å². The van der Waals surface area contributed by atoms with Crippen LogP contribution in [0.2, 0.25) is 0 Å². The Morgan fingerprint density at radius 1 is 1.12 bits per heavy atom. The first-order chi connectivity index (χ1) is 15.5. The Hall–Kier alpha value is -2.80. The van der Waals surface area contributed by atoms with E-state index in [9.17, 15) is 9.59 Å². The molecule has 1 aliphatic heterocycles. The van der Waals surface area contributed by atoms with Crippen molar-refractivity contribution in [3.63, 3.8) is 0 Å². The largest absolute Gasteiger partial charge is 0.463 e. The zero-order valence-corrected chi connectivity index (χ0v) is 19.6. The molecule has 7 heteroatoms. The fourth-order valence-corrected chi connectivity index (χ4v) is 5.28. The van der Waals surface area contributed by atoms with Gasteiger partial charge in [0.05, 0.1) is 18.5 Å². The molecule has 2 aliphatic rings.